The van der Waals surface area contributed by atoms with Gasteiger partial charge >= 0.3 is 0 Å². The molecule has 2 heteroatoms. The smallest absolute Gasteiger partial charge is 0.0638 e. The van der Waals surface area contributed by atoms with Crippen LogP contribution in [0.3, 0.4) is 0 Å². The molecule has 1 atom stereocenters. The van der Waals surface area contributed by atoms with E-state index in [1.54, 1.807) is 6.20 Å². The summed E-state index contributed by atoms with van der Waals surface area (Å²) in [5.41, 5.74) is 0. The molecule has 0 spiro atoms. The Bertz CT molecular complexity index is 108. The normalized spacial score (nSPS) is 33.3. The van der Waals surface area contributed by atoms with Crippen molar-refractivity contribution in [2.75, 3.05) is 6.52 Å². The first-order valence-corrected chi connectivity index (χ1v) is 1.87. The van der Waals surface area contributed by atoms with E-state index in [1.807, 2.05) is 6.08 Å². The number of hydrogen-bond donors (Lipinski definition) is 0. The Morgan fingerprint density at radius 2 is 2.83 bits per heavy atom. The molecule has 2 nitrogen and oxygen atoms in total. The van der Waals surface area contributed by atoms with Gasteiger partial charge in [-0.3, -0.25) is 0 Å². The second-order valence-electron chi connectivity index (χ2n) is 1.03. The minimum atomic E-state index is -0.343. The molecular weight excluding hydrogens is 76.1 g/mol. The molecule has 0 radical (unpaired) electrons. The Hall–Kier alpha value is -0.660. The van der Waals surface area contributed by atoms with Crippen LogP contribution in [-0.2, 0) is 0 Å². The minimum Gasteiger partial charge on any atom is -0.189 e. The van der Waals surface area contributed by atoms with Crippen molar-refractivity contribution in [3.05, 3.63) is 12.3 Å². The van der Waals surface area contributed by atoms with Crippen molar-refractivity contribution in [1.82, 2.24) is 0 Å². The third-order valence-corrected chi connectivity index (χ3v) is 0.562. The molecule has 0 bridgehead atoms. The zero-order valence-corrected chi connectivity index (χ0v) is 3.33. The van der Waals surface area contributed by atoms with Crippen molar-refractivity contribution in [2.24, 2.45) is 10.2 Å². The van der Waals surface area contributed by atoms with E-state index in [-0.39, 0.29) is 6.52 Å². The van der Waals surface area contributed by atoms with E-state index in [0.29, 0.717) is 6.42 Å². The molecule has 0 aromatic rings. The van der Waals surface area contributed by atoms with Crippen LogP contribution in [-0.4, -0.2) is 6.52 Å². The first kappa shape index (κ1) is 2.50. The van der Waals surface area contributed by atoms with Crippen LogP contribution >= 0.6 is 0 Å². The van der Waals surface area contributed by atoms with Gasteiger partial charge in [-0.25, -0.2) is 0 Å². The third kappa shape index (κ3) is 0.641. The van der Waals surface area contributed by atoms with Gasteiger partial charge in [0.25, 0.3) is 0 Å². The van der Waals surface area contributed by atoms with E-state index in [9.17, 15) is 0 Å². The summed E-state index contributed by atoms with van der Waals surface area (Å²) < 4.78 is 6.96. The number of hydrogen-bond acceptors (Lipinski definition) is 2. The fourth-order valence-corrected chi connectivity index (χ4v) is 0.302. The predicted molar refractivity (Wildman–Crippen MR) is 23.5 cm³/mol. The second-order valence-corrected chi connectivity index (χ2v) is 1.03. The molecule has 1 aliphatic rings. The van der Waals surface area contributed by atoms with Crippen LogP contribution in [0.15, 0.2) is 22.5 Å². The van der Waals surface area contributed by atoms with Crippen molar-refractivity contribution in [3.8, 4) is 0 Å². The lowest BCUT2D eigenvalue weighted by molar-refractivity contribution is 0.890. The second kappa shape index (κ2) is 1.70. The maximum Gasteiger partial charge on any atom is 0.0638 e. The first-order valence-electron chi connectivity index (χ1n) is 2.44. The summed E-state index contributed by atoms with van der Waals surface area (Å²) in [5, 5.41) is 7.05. The maximum absolute atomic E-state index is 6.96. The van der Waals surface area contributed by atoms with Crippen LogP contribution in [0.25, 0.3) is 0 Å². The highest BCUT2D eigenvalue weighted by Gasteiger charge is 1.79. The molecule has 0 saturated heterocycles. The highest BCUT2D eigenvalue weighted by Crippen LogP contribution is 1.92. The van der Waals surface area contributed by atoms with Crippen LogP contribution in [0, 0.1) is 0 Å². The summed E-state index contributed by atoms with van der Waals surface area (Å²) >= 11 is 0. The molecule has 1 aliphatic heterocycles. The van der Waals surface area contributed by atoms with Crippen LogP contribution in [0.5, 0.6) is 0 Å². The SMILES string of the molecule is [2H]C1CC=CN=N1. The molecule has 0 aliphatic carbocycles. The zero-order valence-electron chi connectivity index (χ0n) is 4.33. The monoisotopic (exact) mass is 83.1 g/mol. The van der Waals surface area contributed by atoms with Gasteiger partial charge in [-0.05, 0) is 6.42 Å². The lowest BCUT2D eigenvalue weighted by Crippen LogP contribution is -1.76. The lowest BCUT2D eigenvalue weighted by Gasteiger charge is -1.87. The van der Waals surface area contributed by atoms with E-state index in [1.165, 1.54) is 0 Å². The van der Waals surface area contributed by atoms with Gasteiger partial charge in [0.05, 0.1) is 7.89 Å². The fraction of sp³-hybridized carbons (Fsp3) is 0.500. The Kier molecular flexibility index (Phi) is 0.708. The summed E-state index contributed by atoms with van der Waals surface area (Å²) in [6.07, 6.45) is 4.17. The van der Waals surface area contributed by atoms with Gasteiger partial charge in [-0.15, -0.1) is 0 Å². The summed E-state index contributed by atoms with van der Waals surface area (Å²) in [6, 6.07) is 0. The minimum absolute atomic E-state index is 0.343. The van der Waals surface area contributed by atoms with Gasteiger partial charge in [0.15, 0.2) is 0 Å². The Morgan fingerprint density at radius 3 is 3.17 bits per heavy atom. The summed E-state index contributed by atoms with van der Waals surface area (Å²) in [7, 11) is 0. The summed E-state index contributed by atoms with van der Waals surface area (Å²) in [6.45, 7) is -0.343. The summed E-state index contributed by atoms with van der Waals surface area (Å²) in [5.74, 6) is 0. The standard InChI is InChI=1S/C4H6N2/c1-2-4-6-5-3-1/h1,3H,2,4H2/i4D. The predicted octanol–water partition coefficient (Wildman–Crippen LogP) is 1.36. The Balaban J connectivity index is 2.49. The topological polar surface area (TPSA) is 24.7 Å². The zero-order chi connectivity index (χ0) is 5.11. The third-order valence-electron chi connectivity index (χ3n) is 0.562. The maximum atomic E-state index is 6.96. The Labute approximate surface area is 38.0 Å². The molecule has 1 unspecified atom stereocenters. The largest absolute Gasteiger partial charge is 0.189 e. The molecule has 1 heterocycles. The molecule has 0 aromatic heterocycles. The lowest BCUT2D eigenvalue weighted by atomic mass is 10.4. The van der Waals surface area contributed by atoms with E-state index < -0.39 is 0 Å². The average Bonchev–Trinajstić information content (AvgIpc) is 1.69. The molecule has 0 saturated carbocycles. The van der Waals surface area contributed by atoms with E-state index in [0.717, 1.165) is 0 Å². The van der Waals surface area contributed by atoms with Crippen LogP contribution < -0.4 is 0 Å². The molecule has 0 fully saturated rings. The molecular formula is C4H6N2. The molecule has 1 rings (SSSR count). The van der Waals surface area contributed by atoms with Crippen molar-refractivity contribution in [2.45, 2.75) is 6.42 Å². The van der Waals surface area contributed by atoms with Crippen molar-refractivity contribution >= 4 is 0 Å². The van der Waals surface area contributed by atoms with Gasteiger partial charge in [0.1, 0.15) is 0 Å². The van der Waals surface area contributed by atoms with Crippen LogP contribution in [0.4, 0.5) is 0 Å². The highest BCUT2D eigenvalue weighted by molar-refractivity contribution is 4.81. The van der Waals surface area contributed by atoms with E-state index in [2.05, 4.69) is 10.2 Å². The molecule has 0 amide bonds. The number of nitrogens with zero attached hydrogens (tertiary/aromatic N) is 2. The highest BCUT2D eigenvalue weighted by atomic mass is 15.1. The molecule has 0 aromatic carbocycles. The fourth-order valence-electron chi connectivity index (χ4n) is 0.302. The van der Waals surface area contributed by atoms with E-state index >= 15 is 0 Å². The van der Waals surface area contributed by atoms with Crippen LogP contribution in [0.1, 0.15) is 7.79 Å². The molecule has 0 N–H and O–H groups in total. The van der Waals surface area contributed by atoms with E-state index in [4.69, 9.17) is 1.37 Å². The number of rotatable bonds is 0. The van der Waals surface area contributed by atoms with Gasteiger partial charge < -0.3 is 0 Å². The summed E-state index contributed by atoms with van der Waals surface area (Å²) in [4.78, 5) is 0. The number of azo groups is 1. The average molecular weight is 83.1 g/mol. The van der Waals surface area contributed by atoms with Gasteiger partial charge in [0.2, 0.25) is 0 Å². The van der Waals surface area contributed by atoms with Crippen molar-refractivity contribution in [3.63, 3.8) is 0 Å². The molecule has 32 valence electrons. The quantitative estimate of drug-likeness (QED) is 0.422. The van der Waals surface area contributed by atoms with Crippen molar-refractivity contribution < 1.29 is 1.37 Å². The van der Waals surface area contributed by atoms with Crippen molar-refractivity contribution in [1.29, 1.82) is 0 Å². The van der Waals surface area contributed by atoms with Gasteiger partial charge in [-0.2, -0.15) is 10.2 Å². The van der Waals surface area contributed by atoms with Gasteiger partial charge in [0, 0.05) is 6.20 Å². The van der Waals surface area contributed by atoms with Gasteiger partial charge in [-0.1, -0.05) is 6.08 Å². The first-order chi connectivity index (χ1) is 3.39. The van der Waals surface area contributed by atoms with Crippen LogP contribution in [0.2, 0.25) is 0 Å². The molecule has 6 heavy (non-hydrogen) atoms. The Morgan fingerprint density at radius 1 is 1.83 bits per heavy atom.